The van der Waals surface area contributed by atoms with E-state index in [1.165, 1.54) is 0 Å². The van der Waals surface area contributed by atoms with Crippen LogP contribution in [0.15, 0.2) is 21.9 Å². The molecule has 3 heteroatoms. The Kier molecular flexibility index (Phi) is 5.72. The van der Waals surface area contributed by atoms with Crippen LogP contribution in [0.25, 0.3) is 0 Å². The Morgan fingerprint density at radius 3 is 2.42 bits per heavy atom. The molecule has 0 N–H and O–H groups in total. The molecule has 0 saturated carbocycles. The van der Waals surface area contributed by atoms with Crippen LogP contribution < -0.4 is 0 Å². The molecular formula is C9H13BrO2. The van der Waals surface area contributed by atoms with Gasteiger partial charge in [0, 0.05) is 12.0 Å². The van der Waals surface area contributed by atoms with Crippen molar-refractivity contribution < 1.29 is 9.53 Å². The van der Waals surface area contributed by atoms with Gasteiger partial charge in [0.1, 0.15) is 5.76 Å². The Morgan fingerprint density at radius 1 is 1.58 bits per heavy atom. The average molecular weight is 233 g/mol. The Bertz CT molecular complexity index is 211. The van der Waals surface area contributed by atoms with Crippen LogP contribution in [0.3, 0.4) is 0 Å². The molecule has 0 radical (unpaired) electrons. The van der Waals surface area contributed by atoms with E-state index in [0.717, 1.165) is 22.9 Å². The van der Waals surface area contributed by atoms with E-state index in [1.807, 2.05) is 13.8 Å². The molecule has 0 atom stereocenters. The second kappa shape index (κ2) is 6.00. The molecule has 2 nitrogen and oxygen atoms in total. The van der Waals surface area contributed by atoms with Crippen LogP contribution in [-0.4, -0.2) is 13.4 Å². The molecule has 0 unspecified atom stereocenters. The molecule has 0 aromatic rings. The fourth-order valence-electron chi connectivity index (χ4n) is 0.797. The molecule has 0 bridgehead atoms. The highest BCUT2D eigenvalue weighted by molar-refractivity contribution is 9.12. The quantitative estimate of drug-likeness (QED) is 0.323. The van der Waals surface area contributed by atoms with Gasteiger partial charge in [0.15, 0.2) is 6.29 Å². The third-order valence-corrected chi connectivity index (χ3v) is 2.40. The monoisotopic (exact) mass is 232 g/mol. The summed E-state index contributed by atoms with van der Waals surface area (Å²) in [5.41, 5.74) is 0.619. The van der Waals surface area contributed by atoms with Gasteiger partial charge in [-0.3, -0.25) is 4.79 Å². The standard InChI is InChI=1S/C9H13BrO2/c1-4-7(6-11)9(10)8(5-2)12-3/h4,6H,5H2,1-3H3/b7-4-,9-8-. The number of hydrogen-bond acceptors (Lipinski definition) is 2. The van der Waals surface area contributed by atoms with Gasteiger partial charge in [-0.25, -0.2) is 0 Å². The first-order chi connectivity index (χ1) is 5.71. The average Bonchev–Trinajstić information content (AvgIpc) is 2.09. The molecule has 0 aliphatic rings. The van der Waals surface area contributed by atoms with Crippen LogP contribution in [0.2, 0.25) is 0 Å². The summed E-state index contributed by atoms with van der Waals surface area (Å²) in [6.07, 6.45) is 3.31. The molecule has 68 valence electrons. The number of carbonyl (C=O) groups is 1. The number of rotatable bonds is 4. The molecule has 0 spiro atoms. The summed E-state index contributed by atoms with van der Waals surface area (Å²) >= 11 is 3.31. The van der Waals surface area contributed by atoms with E-state index < -0.39 is 0 Å². The summed E-state index contributed by atoms with van der Waals surface area (Å²) in [5, 5.41) is 0. The number of carbonyl (C=O) groups excluding carboxylic acids is 1. The second-order valence-electron chi connectivity index (χ2n) is 2.16. The van der Waals surface area contributed by atoms with Gasteiger partial charge >= 0.3 is 0 Å². The summed E-state index contributed by atoms with van der Waals surface area (Å²) < 4.78 is 5.82. The molecule has 0 heterocycles. The third-order valence-electron chi connectivity index (χ3n) is 1.50. The van der Waals surface area contributed by atoms with Gasteiger partial charge in [-0.05, 0) is 22.9 Å². The van der Waals surface area contributed by atoms with Gasteiger partial charge in [0.25, 0.3) is 0 Å². The van der Waals surface area contributed by atoms with Gasteiger partial charge in [-0.2, -0.15) is 0 Å². The molecule has 0 aliphatic carbocycles. The van der Waals surface area contributed by atoms with Crippen molar-refractivity contribution >= 4 is 22.2 Å². The number of allylic oxidation sites excluding steroid dienone is 4. The van der Waals surface area contributed by atoms with Crippen molar-refractivity contribution in [2.24, 2.45) is 0 Å². The van der Waals surface area contributed by atoms with Crippen molar-refractivity contribution in [3.05, 3.63) is 21.9 Å². The lowest BCUT2D eigenvalue weighted by atomic mass is 10.2. The van der Waals surface area contributed by atoms with Gasteiger partial charge < -0.3 is 4.74 Å². The summed E-state index contributed by atoms with van der Waals surface area (Å²) in [4.78, 5) is 10.5. The molecule has 0 aromatic carbocycles. The normalized spacial score (nSPS) is 13.8. The predicted octanol–water partition coefficient (Wildman–Crippen LogP) is 2.79. The van der Waals surface area contributed by atoms with Crippen molar-refractivity contribution in [3.8, 4) is 0 Å². The lowest BCUT2D eigenvalue weighted by Gasteiger charge is -2.06. The van der Waals surface area contributed by atoms with Crippen LogP contribution in [0.5, 0.6) is 0 Å². The van der Waals surface area contributed by atoms with Gasteiger partial charge in [0.2, 0.25) is 0 Å². The molecule has 0 saturated heterocycles. The van der Waals surface area contributed by atoms with E-state index in [0.29, 0.717) is 5.57 Å². The van der Waals surface area contributed by atoms with Crippen molar-refractivity contribution in [3.63, 3.8) is 0 Å². The van der Waals surface area contributed by atoms with E-state index >= 15 is 0 Å². The number of aldehydes is 1. The predicted molar refractivity (Wildman–Crippen MR) is 53.1 cm³/mol. The van der Waals surface area contributed by atoms with E-state index in [4.69, 9.17) is 4.74 Å². The highest BCUT2D eigenvalue weighted by Gasteiger charge is 2.05. The van der Waals surface area contributed by atoms with Crippen LogP contribution in [0.4, 0.5) is 0 Å². The van der Waals surface area contributed by atoms with Gasteiger partial charge in [-0.1, -0.05) is 13.0 Å². The molecular weight excluding hydrogens is 220 g/mol. The highest BCUT2D eigenvalue weighted by atomic mass is 79.9. The SMILES string of the molecule is C/C=C(C=O)\C(Br)=C(/CC)OC. The minimum absolute atomic E-state index is 0.619. The maximum Gasteiger partial charge on any atom is 0.150 e. The first kappa shape index (κ1) is 11.4. The summed E-state index contributed by atoms with van der Waals surface area (Å²) in [6, 6.07) is 0. The summed E-state index contributed by atoms with van der Waals surface area (Å²) in [5.74, 6) is 0.787. The smallest absolute Gasteiger partial charge is 0.150 e. The zero-order valence-electron chi connectivity index (χ0n) is 7.56. The minimum atomic E-state index is 0.619. The number of hydrogen-bond donors (Lipinski definition) is 0. The Morgan fingerprint density at radius 2 is 2.17 bits per heavy atom. The fourth-order valence-corrected chi connectivity index (χ4v) is 1.56. The lowest BCUT2D eigenvalue weighted by Crippen LogP contribution is -1.92. The molecule has 0 aliphatic heterocycles. The van der Waals surface area contributed by atoms with Crippen LogP contribution >= 0.6 is 15.9 Å². The highest BCUT2D eigenvalue weighted by Crippen LogP contribution is 2.22. The topological polar surface area (TPSA) is 26.3 Å². The second-order valence-corrected chi connectivity index (χ2v) is 2.95. The minimum Gasteiger partial charge on any atom is -0.500 e. The van der Waals surface area contributed by atoms with Crippen molar-refractivity contribution in [2.45, 2.75) is 20.3 Å². The largest absolute Gasteiger partial charge is 0.500 e. The fraction of sp³-hybridized carbons (Fsp3) is 0.444. The van der Waals surface area contributed by atoms with Crippen molar-refractivity contribution in [2.75, 3.05) is 7.11 Å². The first-order valence-electron chi connectivity index (χ1n) is 3.75. The van der Waals surface area contributed by atoms with Gasteiger partial charge in [0.05, 0.1) is 11.6 Å². The maximum atomic E-state index is 10.5. The van der Waals surface area contributed by atoms with Crippen molar-refractivity contribution in [1.29, 1.82) is 0 Å². The maximum absolute atomic E-state index is 10.5. The zero-order chi connectivity index (χ0) is 9.56. The van der Waals surface area contributed by atoms with Crippen LogP contribution in [0, 0.1) is 0 Å². The van der Waals surface area contributed by atoms with E-state index in [2.05, 4.69) is 15.9 Å². The van der Waals surface area contributed by atoms with E-state index in [1.54, 1.807) is 13.2 Å². The molecule has 0 aromatic heterocycles. The summed E-state index contributed by atoms with van der Waals surface area (Å²) in [7, 11) is 1.60. The summed E-state index contributed by atoms with van der Waals surface area (Å²) in [6.45, 7) is 3.78. The number of halogens is 1. The molecule has 12 heavy (non-hydrogen) atoms. The Labute approximate surface area is 81.4 Å². The van der Waals surface area contributed by atoms with Crippen molar-refractivity contribution in [1.82, 2.24) is 0 Å². The number of methoxy groups -OCH3 is 1. The van der Waals surface area contributed by atoms with E-state index in [-0.39, 0.29) is 0 Å². The zero-order valence-corrected chi connectivity index (χ0v) is 9.14. The Hall–Kier alpha value is -0.570. The van der Waals surface area contributed by atoms with Crippen LogP contribution in [0.1, 0.15) is 20.3 Å². The van der Waals surface area contributed by atoms with Gasteiger partial charge in [-0.15, -0.1) is 0 Å². The number of ether oxygens (including phenoxy) is 1. The first-order valence-corrected chi connectivity index (χ1v) is 4.55. The molecule has 0 fully saturated rings. The van der Waals surface area contributed by atoms with E-state index in [9.17, 15) is 4.79 Å². The molecule has 0 amide bonds. The Balaban J connectivity index is 4.84. The van der Waals surface area contributed by atoms with Crippen LogP contribution in [-0.2, 0) is 9.53 Å². The molecule has 0 rings (SSSR count). The lowest BCUT2D eigenvalue weighted by molar-refractivity contribution is -0.104. The third kappa shape index (κ3) is 2.81.